The maximum absolute atomic E-state index is 12.3. The van der Waals surface area contributed by atoms with E-state index >= 15 is 0 Å². The summed E-state index contributed by atoms with van der Waals surface area (Å²) in [6.07, 6.45) is 2.30. The molecule has 1 fully saturated rings. The fraction of sp³-hybridized carbons (Fsp3) is 0.533. The lowest BCUT2D eigenvalue weighted by Crippen LogP contribution is -2.38. The summed E-state index contributed by atoms with van der Waals surface area (Å²) in [5.41, 5.74) is 6.40. The van der Waals surface area contributed by atoms with E-state index in [4.69, 9.17) is 26.8 Å². The van der Waals surface area contributed by atoms with Crippen LogP contribution in [0, 0.1) is 5.92 Å². The average Bonchev–Trinajstić information content (AvgIpc) is 3.30. The molecule has 0 saturated heterocycles. The Morgan fingerprint density at radius 2 is 2.18 bits per heavy atom. The van der Waals surface area contributed by atoms with Crippen molar-refractivity contribution in [3.63, 3.8) is 0 Å². The van der Waals surface area contributed by atoms with Gasteiger partial charge in [0.1, 0.15) is 12.4 Å². The van der Waals surface area contributed by atoms with Gasteiger partial charge in [0.15, 0.2) is 0 Å². The topological polar surface area (TPSA) is 73.6 Å². The summed E-state index contributed by atoms with van der Waals surface area (Å²) >= 11 is 5.96. The third kappa shape index (κ3) is 5.65. The molecule has 5 nitrogen and oxygen atoms in total. The van der Waals surface area contributed by atoms with Crippen molar-refractivity contribution in [2.45, 2.75) is 18.9 Å². The number of rotatable bonds is 8. The monoisotopic (exact) mass is 348 g/mol. The first-order valence-electron chi connectivity index (χ1n) is 7.07. The maximum Gasteiger partial charge on any atom is 0.255 e. The minimum absolute atomic E-state index is 0. The molecule has 0 spiro atoms. The molecule has 2 rings (SSSR count). The summed E-state index contributed by atoms with van der Waals surface area (Å²) in [5, 5.41) is 3.34. The van der Waals surface area contributed by atoms with Crippen LogP contribution in [0.25, 0.3) is 0 Å². The van der Waals surface area contributed by atoms with Crippen LogP contribution in [0.5, 0.6) is 5.75 Å². The zero-order chi connectivity index (χ0) is 15.2. The number of hydrogen-bond donors (Lipinski definition) is 2. The molecule has 1 aliphatic rings. The summed E-state index contributed by atoms with van der Waals surface area (Å²) in [4.78, 5) is 12.3. The van der Waals surface area contributed by atoms with Crippen LogP contribution in [0.2, 0.25) is 5.02 Å². The molecule has 1 amide bonds. The van der Waals surface area contributed by atoms with Crippen molar-refractivity contribution >= 4 is 29.9 Å². The Hall–Kier alpha value is -1.01. The first-order valence-corrected chi connectivity index (χ1v) is 7.44. The van der Waals surface area contributed by atoms with Gasteiger partial charge < -0.3 is 20.5 Å². The minimum atomic E-state index is -0.221. The highest BCUT2D eigenvalue weighted by molar-refractivity contribution is 6.31. The first-order chi connectivity index (χ1) is 10.1. The SMILES string of the molecule is COCCOc1ccc(Cl)cc1C(=O)NCC(N)C1CC1.Cl. The average molecular weight is 349 g/mol. The third-order valence-corrected chi connectivity index (χ3v) is 3.69. The largest absolute Gasteiger partial charge is 0.490 e. The van der Waals surface area contributed by atoms with Crippen molar-refractivity contribution in [3.05, 3.63) is 28.8 Å². The van der Waals surface area contributed by atoms with Gasteiger partial charge in [-0.05, 0) is 37.0 Å². The Morgan fingerprint density at radius 3 is 2.82 bits per heavy atom. The molecule has 0 aromatic heterocycles. The molecule has 1 saturated carbocycles. The number of nitrogens with one attached hydrogen (secondary N) is 1. The molecule has 124 valence electrons. The van der Waals surface area contributed by atoms with Crippen molar-refractivity contribution in [3.8, 4) is 5.75 Å². The molecule has 0 heterocycles. The predicted molar refractivity (Wildman–Crippen MR) is 89.1 cm³/mol. The molecule has 1 aromatic carbocycles. The second-order valence-electron chi connectivity index (χ2n) is 5.19. The molecule has 0 bridgehead atoms. The van der Waals surface area contributed by atoms with E-state index in [0.29, 0.717) is 42.0 Å². The van der Waals surface area contributed by atoms with E-state index in [1.165, 1.54) is 0 Å². The van der Waals surface area contributed by atoms with E-state index in [1.54, 1.807) is 25.3 Å². The van der Waals surface area contributed by atoms with E-state index in [-0.39, 0.29) is 24.4 Å². The normalized spacial score (nSPS) is 14.9. The number of ether oxygens (including phenoxy) is 2. The maximum atomic E-state index is 12.3. The Bertz CT molecular complexity index is 496. The van der Waals surface area contributed by atoms with Gasteiger partial charge in [-0.3, -0.25) is 4.79 Å². The predicted octanol–water partition coefficient (Wildman–Crippen LogP) is 2.25. The number of hydrogen-bond acceptors (Lipinski definition) is 4. The van der Waals surface area contributed by atoms with Gasteiger partial charge in [0.05, 0.1) is 12.2 Å². The first kappa shape index (κ1) is 19.0. The highest BCUT2D eigenvalue weighted by Crippen LogP contribution is 2.31. The van der Waals surface area contributed by atoms with E-state index in [2.05, 4.69) is 5.32 Å². The van der Waals surface area contributed by atoms with Crippen molar-refractivity contribution in [1.82, 2.24) is 5.32 Å². The third-order valence-electron chi connectivity index (χ3n) is 3.46. The molecule has 1 atom stereocenters. The van der Waals surface area contributed by atoms with E-state index in [1.807, 2.05) is 0 Å². The number of benzene rings is 1. The number of nitrogens with two attached hydrogens (primary N) is 1. The molecular weight excluding hydrogens is 327 g/mol. The highest BCUT2D eigenvalue weighted by Gasteiger charge is 2.28. The lowest BCUT2D eigenvalue weighted by Gasteiger charge is -2.14. The molecule has 1 aromatic rings. The minimum Gasteiger partial charge on any atom is -0.490 e. The lowest BCUT2D eigenvalue weighted by molar-refractivity contribution is 0.0942. The molecule has 0 radical (unpaired) electrons. The van der Waals surface area contributed by atoms with Gasteiger partial charge in [-0.1, -0.05) is 11.6 Å². The van der Waals surface area contributed by atoms with Crippen LogP contribution in [0.15, 0.2) is 18.2 Å². The molecule has 3 N–H and O–H groups in total. The second kappa shape index (κ2) is 9.20. The Labute approximate surface area is 141 Å². The van der Waals surface area contributed by atoms with E-state index in [9.17, 15) is 4.79 Å². The fourth-order valence-corrected chi connectivity index (χ4v) is 2.21. The Kier molecular flexibility index (Phi) is 7.96. The zero-order valence-electron chi connectivity index (χ0n) is 12.5. The zero-order valence-corrected chi connectivity index (χ0v) is 14.1. The quantitative estimate of drug-likeness (QED) is 0.706. The summed E-state index contributed by atoms with van der Waals surface area (Å²) in [6.45, 7) is 1.30. The van der Waals surface area contributed by atoms with Crippen molar-refractivity contribution in [1.29, 1.82) is 0 Å². The summed E-state index contributed by atoms with van der Waals surface area (Å²) < 4.78 is 10.5. The van der Waals surface area contributed by atoms with E-state index < -0.39 is 0 Å². The van der Waals surface area contributed by atoms with Gasteiger partial charge in [-0.15, -0.1) is 12.4 Å². The molecule has 1 unspecified atom stereocenters. The smallest absolute Gasteiger partial charge is 0.255 e. The van der Waals surface area contributed by atoms with Gasteiger partial charge in [0.2, 0.25) is 0 Å². The second-order valence-corrected chi connectivity index (χ2v) is 5.63. The Morgan fingerprint density at radius 1 is 1.45 bits per heavy atom. The van der Waals surface area contributed by atoms with Crippen LogP contribution in [-0.2, 0) is 4.74 Å². The van der Waals surface area contributed by atoms with Gasteiger partial charge in [0, 0.05) is 24.7 Å². The highest BCUT2D eigenvalue weighted by atomic mass is 35.5. The standard InChI is InChI=1S/C15H21ClN2O3.ClH/c1-20-6-7-21-14-5-4-11(16)8-12(14)15(19)18-9-13(17)10-2-3-10;/h4-5,8,10,13H,2-3,6-7,9,17H2,1H3,(H,18,19);1H. The fourth-order valence-electron chi connectivity index (χ4n) is 2.04. The summed E-state index contributed by atoms with van der Waals surface area (Å²) in [7, 11) is 1.60. The number of methoxy groups -OCH3 is 1. The van der Waals surface area contributed by atoms with E-state index in [0.717, 1.165) is 12.8 Å². The van der Waals surface area contributed by atoms with Gasteiger partial charge in [-0.25, -0.2) is 0 Å². The summed E-state index contributed by atoms with van der Waals surface area (Å²) in [6, 6.07) is 5.00. The molecular formula is C15H22Cl2N2O3. The lowest BCUT2D eigenvalue weighted by atomic mass is 10.1. The number of halogens is 2. The van der Waals surface area contributed by atoms with Crippen LogP contribution < -0.4 is 15.8 Å². The summed E-state index contributed by atoms with van der Waals surface area (Å²) in [5.74, 6) is 0.817. The molecule has 22 heavy (non-hydrogen) atoms. The van der Waals surface area contributed by atoms with Gasteiger partial charge in [-0.2, -0.15) is 0 Å². The van der Waals surface area contributed by atoms with Gasteiger partial charge >= 0.3 is 0 Å². The molecule has 0 aliphatic heterocycles. The van der Waals surface area contributed by atoms with Crippen LogP contribution in [0.4, 0.5) is 0 Å². The van der Waals surface area contributed by atoms with Crippen molar-refractivity contribution in [2.75, 3.05) is 26.9 Å². The van der Waals surface area contributed by atoms with Crippen LogP contribution in [-0.4, -0.2) is 38.8 Å². The van der Waals surface area contributed by atoms with Crippen LogP contribution in [0.1, 0.15) is 23.2 Å². The Balaban J connectivity index is 0.00000242. The van der Waals surface area contributed by atoms with Crippen LogP contribution >= 0.6 is 24.0 Å². The van der Waals surface area contributed by atoms with Crippen LogP contribution in [0.3, 0.4) is 0 Å². The number of amides is 1. The molecule has 1 aliphatic carbocycles. The number of carbonyl (C=O) groups excluding carboxylic acids is 1. The van der Waals surface area contributed by atoms with Crippen molar-refractivity contribution in [2.24, 2.45) is 11.7 Å². The van der Waals surface area contributed by atoms with Crippen molar-refractivity contribution < 1.29 is 14.3 Å². The van der Waals surface area contributed by atoms with Gasteiger partial charge in [0.25, 0.3) is 5.91 Å². The molecule has 7 heteroatoms. The number of carbonyl (C=O) groups is 1.